The lowest BCUT2D eigenvalue weighted by atomic mass is 10.3. The van der Waals surface area contributed by atoms with Gasteiger partial charge in [0.1, 0.15) is 11.4 Å². The zero-order valence-corrected chi connectivity index (χ0v) is 8.98. The molecule has 5 nitrogen and oxygen atoms in total. The van der Waals surface area contributed by atoms with Crippen LogP contribution in [0, 0.1) is 13.8 Å². The van der Waals surface area contributed by atoms with E-state index in [0.717, 1.165) is 0 Å². The van der Waals surface area contributed by atoms with E-state index in [1.807, 2.05) is 0 Å². The van der Waals surface area contributed by atoms with Crippen molar-refractivity contribution in [3.05, 3.63) is 11.5 Å². The number of rotatable bonds is 3. The van der Waals surface area contributed by atoms with Crippen LogP contribution in [-0.2, 0) is 4.79 Å². The minimum Gasteiger partial charge on any atom is -0.359 e. The zero-order chi connectivity index (χ0) is 9.84. The number of anilines is 1. The average molecular weight is 220 g/mol. The molecule has 0 atom stereocenters. The van der Waals surface area contributed by atoms with Gasteiger partial charge in [-0.1, -0.05) is 5.16 Å². The van der Waals surface area contributed by atoms with Gasteiger partial charge in [0.05, 0.1) is 0 Å². The molecule has 3 N–H and O–H groups in total. The molecule has 0 aromatic carbocycles. The van der Waals surface area contributed by atoms with Crippen molar-refractivity contribution in [2.24, 2.45) is 5.73 Å². The molecule has 0 radical (unpaired) electrons. The highest BCUT2D eigenvalue weighted by atomic mass is 35.5. The molecule has 0 saturated carbocycles. The molecule has 1 amide bonds. The van der Waals surface area contributed by atoms with Gasteiger partial charge in [0, 0.05) is 13.0 Å². The summed E-state index contributed by atoms with van der Waals surface area (Å²) in [7, 11) is 0. The summed E-state index contributed by atoms with van der Waals surface area (Å²) in [6, 6.07) is 0. The lowest BCUT2D eigenvalue weighted by Gasteiger charge is -2.01. The van der Waals surface area contributed by atoms with Gasteiger partial charge in [-0.2, -0.15) is 0 Å². The van der Waals surface area contributed by atoms with Gasteiger partial charge in [0.2, 0.25) is 5.91 Å². The highest BCUT2D eigenvalue weighted by Crippen LogP contribution is 2.18. The first-order valence-corrected chi connectivity index (χ1v) is 4.08. The van der Waals surface area contributed by atoms with E-state index in [0.29, 0.717) is 30.1 Å². The Morgan fingerprint density at radius 3 is 2.64 bits per heavy atom. The van der Waals surface area contributed by atoms with E-state index in [1.165, 1.54) is 0 Å². The molecule has 0 aliphatic rings. The Morgan fingerprint density at radius 2 is 2.21 bits per heavy atom. The molecular weight excluding hydrogens is 206 g/mol. The lowest BCUT2D eigenvalue weighted by molar-refractivity contribution is -0.116. The molecule has 0 fully saturated rings. The molecule has 6 heteroatoms. The molecule has 1 aromatic rings. The van der Waals surface area contributed by atoms with Crippen LogP contribution in [0.2, 0.25) is 0 Å². The van der Waals surface area contributed by atoms with Crippen molar-refractivity contribution in [3.8, 4) is 0 Å². The van der Waals surface area contributed by atoms with Gasteiger partial charge in [0.25, 0.3) is 0 Å². The standard InChI is InChI=1S/C8H13N3O2.ClH/c1-5-8(6(2)13-11-5)10-7(12)3-4-9;/h3-4,9H2,1-2H3,(H,10,12);1H. The third-order valence-corrected chi connectivity index (χ3v) is 1.67. The van der Waals surface area contributed by atoms with Crippen LogP contribution in [-0.4, -0.2) is 17.6 Å². The molecule has 0 aliphatic carbocycles. The number of aryl methyl sites for hydroxylation is 2. The van der Waals surface area contributed by atoms with E-state index in [4.69, 9.17) is 10.3 Å². The van der Waals surface area contributed by atoms with Crippen LogP contribution in [0.5, 0.6) is 0 Å². The van der Waals surface area contributed by atoms with Crippen molar-refractivity contribution < 1.29 is 9.32 Å². The highest BCUT2D eigenvalue weighted by molar-refractivity contribution is 5.91. The Morgan fingerprint density at radius 1 is 1.57 bits per heavy atom. The third-order valence-electron chi connectivity index (χ3n) is 1.67. The van der Waals surface area contributed by atoms with Crippen LogP contribution in [0.25, 0.3) is 0 Å². The van der Waals surface area contributed by atoms with Crippen molar-refractivity contribution in [1.29, 1.82) is 0 Å². The maximum atomic E-state index is 11.2. The summed E-state index contributed by atoms with van der Waals surface area (Å²) in [5, 5.41) is 6.39. The number of aromatic nitrogens is 1. The zero-order valence-electron chi connectivity index (χ0n) is 8.16. The largest absolute Gasteiger partial charge is 0.359 e. The van der Waals surface area contributed by atoms with E-state index in [2.05, 4.69) is 10.5 Å². The van der Waals surface area contributed by atoms with Crippen molar-refractivity contribution in [2.45, 2.75) is 20.3 Å². The number of hydrogen-bond donors (Lipinski definition) is 2. The van der Waals surface area contributed by atoms with E-state index in [9.17, 15) is 4.79 Å². The monoisotopic (exact) mass is 219 g/mol. The van der Waals surface area contributed by atoms with Gasteiger partial charge in [-0.15, -0.1) is 12.4 Å². The molecule has 0 saturated heterocycles. The summed E-state index contributed by atoms with van der Waals surface area (Å²) in [5.74, 6) is 0.500. The average Bonchev–Trinajstić information content (AvgIpc) is 2.36. The second kappa shape index (κ2) is 5.62. The number of nitrogens with one attached hydrogen (secondary N) is 1. The number of hydrogen-bond acceptors (Lipinski definition) is 4. The van der Waals surface area contributed by atoms with E-state index < -0.39 is 0 Å². The van der Waals surface area contributed by atoms with Gasteiger partial charge >= 0.3 is 0 Å². The van der Waals surface area contributed by atoms with Crippen LogP contribution in [0.4, 0.5) is 5.69 Å². The predicted octanol–water partition coefficient (Wildman–Crippen LogP) is 1.00. The molecule has 14 heavy (non-hydrogen) atoms. The fourth-order valence-corrected chi connectivity index (χ4v) is 0.994. The fraction of sp³-hybridized carbons (Fsp3) is 0.500. The molecule has 1 aromatic heterocycles. The molecule has 0 spiro atoms. The van der Waals surface area contributed by atoms with Crippen molar-refractivity contribution >= 4 is 24.0 Å². The maximum Gasteiger partial charge on any atom is 0.225 e. The van der Waals surface area contributed by atoms with E-state index >= 15 is 0 Å². The smallest absolute Gasteiger partial charge is 0.225 e. The second-order valence-corrected chi connectivity index (χ2v) is 2.79. The molecule has 0 bridgehead atoms. The fourth-order valence-electron chi connectivity index (χ4n) is 0.994. The van der Waals surface area contributed by atoms with Gasteiger partial charge in [-0.3, -0.25) is 4.79 Å². The van der Waals surface area contributed by atoms with Crippen molar-refractivity contribution in [2.75, 3.05) is 11.9 Å². The summed E-state index contributed by atoms with van der Waals surface area (Å²) in [4.78, 5) is 11.2. The van der Waals surface area contributed by atoms with E-state index in [-0.39, 0.29) is 18.3 Å². The topological polar surface area (TPSA) is 81.2 Å². The first-order valence-electron chi connectivity index (χ1n) is 4.08. The maximum absolute atomic E-state index is 11.2. The number of nitrogens with two attached hydrogens (primary N) is 1. The summed E-state index contributed by atoms with van der Waals surface area (Å²) in [5.41, 5.74) is 6.57. The molecule has 0 unspecified atom stereocenters. The number of halogens is 1. The van der Waals surface area contributed by atoms with Gasteiger partial charge in [0.15, 0.2) is 5.76 Å². The highest BCUT2D eigenvalue weighted by Gasteiger charge is 2.10. The second-order valence-electron chi connectivity index (χ2n) is 2.79. The Bertz CT molecular complexity index is 292. The van der Waals surface area contributed by atoms with Crippen LogP contribution in [0.15, 0.2) is 4.52 Å². The molecule has 1 rings (SSSR count). The summed E-state index contributed by atoms with van der Waals surface area (Å²) in [6.07, 6.45) is 0.310. The van der Waals surface area contributed by atoms with Crippen LogP contribution < -0.4 is 11.1 Å². The minimum absolute atomic E-state index is 0. The number of amides is 1. The third kappa shape index (κ3) is 3.01. The van der Waals surface area contributed by atoms with Crippen molar-refractivity contribution in [1.82, 2.24) is 5.16 Å². The lowest BCUT2D eigenvalue weighted by Crippen LogP contribution is -2.16. The Hall–Kier alpha value is -1.07. The molecule has 0 aliphatic heterocycles. The van der Waals surface area contributed by atoms with Gasteiger partial charge in [-0.05, 0) is 13.8 Å². The van der Waals surface area contributed by atoms with Crippen LogP contribution in [0.3, 0.4) is 0 Å². The van der Waals surface area contributed by atoms with Crippen LogP contribution in [0.1, 0.15) is 17.9 Å². The summed E-state index contributed by atoms with van der Waals surface area (Å²) < 4.78 is 4.88. The van der Waals surface area contributed by atoms with Gasteiger partial charge < -0.3 is 15.6 Å². The first-order chi connectivity index (χ1) is 6.15. The summed E-state index contributed by atoms with van der Waals surface area (Å²) in [6.45, 7) is 3.86. The quantitative estimate of drug-likeness (QED) is 0.795. The minimum atomic E-state index is -0.114. The van der Waals surface area contributed by atoms with E-state index in [1.54, 1.807) is 13.8 Å². The Kier molecular flexibility index (Phi) is 5.19. The molecule has 1 heterocycles. The Labute approximate surface area is 88.4 Å². The number of carbonyl (C=O) groups excluding carboxylic acids is 1. The number of nitrogens with zero attached hydrogens (tertiary/aromatic N) is 1. The normalized spacial score (nSPS) is 9.36. The molecule has 80 valence electrons. The summed E-state index contributed by atoms with van der Waals surface area (Å²) >= 11 is 0. The molecular formula is C8H14ClN3O2. The van der Waals surface area contributed by atoms with Crippen LogP contribution >= 0.6 is 12.4 Å². The first kappa shape index (κ1) is 12.9. The van der Waals surface area contributed by atoms with Gasteiger partial charge in [-0.25, -0.2) is 0 Å². The SMILES string of the molecule is Cc1noc(C)c1NC(=O)CCN.Cl. The number of carbonyl (C=O) groups is 1. The Balaban J connectivity index is 0.00000169. The predicted molar refractivity (Wildman–Crippen MR) is 55.5 cm³/mol. The van der Waals surface area contributed by atoms with Crippen molar-refractivity contribution in [3.63, 3.8) is 0 Å².